The molecule has 1 saturated heterocycles. The number of amides is 1. The van der Waals surface area contributed by atoms with Gasteiger partial charge in [-0.05, 0) is 38.9 Å². The molecule has 1 aromatic rings. The average Bonchev–Trinajstić information content (AvgIpc) is 2.78. The van der Waals surface area contributed by atoms with Crippen LogP contribution in [0.5, 0.6) is 0 Å². The Hall–Kier alpha value is -1.42. The standard InChI is InChI=1S/C13H19N3O/c1-10(11-5-3-4-7-15-11)16-12(17)13(2)6-8-14-9-13/h3-5,7,10,14H,6,8-9H2,1-2H3,(H,16,17)/t10-,13?/m0/s1. The molecule has 0 aromatic carbocycles. The van der Waals surface area contributed by atoms with Gasteiger partial charge in [-0.15, -0.1) is 0 Å². The topological polar surface area (TPSA) is 54.0 Å². The lowest BCUT2D eigenvalue weighted by molar-refractivity contribution is -0.129. The molecule has 1 aromatic heterocycles. The molecule has 2 N–H and O–H groups in total. The van der Waals surface area contributed by atoms with Crippen LogP contribution in [0.3, 0.4) is 0 Å². The molecule has 0 bridgehead atoms. The Morgan fingerprint density at radius 2 is 2.41 bits per heavy atom. The molecular formula is C13H19N3O. The van der Waals surface area contributed by atoms with Crippen LogP contribution < -0.4 is 10.6 Å². The SMILES string of the molecule is C[C@H](NC(=O)C1(C)CCNC1)c1ccccn1. The summed E-state index contributed by atoms with van der Waals surface area (Å²) < 4.78 is 0. The van der Waals surface area contributed by atoms with Crippen LogP contribution >= 0.6 is 0 Å². The fraction of sp³-hybridized carbons (Fsp3) is 0.538. The number of nitrogens with one attached hydrogen (secondary N) is 2. The quantitative estimate of drug-likeness (QED) is 0.826. The minimum Gasteiger partial charge on any atom is -0.347 e. The molecule has 0 saturated carbocycles. The van der Waals surface area contributed by atoms with E-state index in [0.717, 1.165) is 25.2 Å². The molecule has 92 valence electrons. The molecule has 17 heavy (non-hydrogen) atoms. The summed E-state index contributed by atoms with van der Waals surface area (Å²) in [5.74, 6) is 0.112. The molecule has 0 spiro atoms. The number of pyridine rings is 1. The molecule has 1 aliphatic heterocycles. The summed E-state index contributed by atoms with van der Waals surface area (Å²) in [5, 5.41) is 6.27. The minimum absolute atomic E-state index is 0.0406. The number of hydrogen-bond donors (Lipinski definition) is 2. The van der Waals surface area contributed by atoms with Crippen molar-refractivity contribution in [1.29, 1.82) is 0 Å². The molecule has 1 amide bonds. The van der Waals surface area contributed by atoms with Gasteiger partial charge in [0, 0.05) is 12.7 Å². The lowest BCUT2D eigenvalue weighted by Gasteiger charge is -2.24. The van der Waals surface area contributed by atoms with E-state index in [1.807, 2.05) is 32.0 Å². The average molecular weight is 233 g/mol. The molecule has 0 radical (unpaired) electrons. The Morgan fingerprint density at radius 3 is 3.00 bits per heavy atom. The van der Waals surface area contributed by atoms with Crippen molar-refractivity contribution in [3.63, 3.8) is 0 Å². The van der Waals surface area contributed by atoms with Crippen molar-refractivity contribution in [2.75, 3.05) is 13.1 Å². The van der Waals surface area contributed by atoms with Crippen LogP contribution in [0.15, 0.2) is 24.4 Å². The van der Waals surface area contributed by atoms with Gasteiger partial charge in [0.05, 0.1) is 17.2 Å². The second-order valence-electron chi connectivity index (χ2n) is 4.94. The Labute approximate surface area is 102 Å². The van der Waals surface area contributed by atoms with E-state index in [1.165, 1.54) is 0 Å². The number of nitrogens with zero attached hydrogens (tertiary/aromatic N) is 1. The number of aromatic nitrogens is 1. The van der Waals surface area contributed by atoms with Crippen molar-refractivity contribution >= 4 is 5.91 Å². The van der Waals surface area contributed by atoms with Crippen LogP contribution in [-0.4, -0.2) is 24.0 Å². The third-order valence-electron chi connectivity index (χ3n) is 3.40. The number of carbonyl (C=O) groups is 1. The van der Waals surface area contributed by atoms with Gasteiger partial charge in [-0.25, -0.2) is 0 Å². The first-order valence-electron chi connectivity index (χ1n) is 6.04. The zero-order valence-electron chi connectivity index (χ0n) is 10.4. The Bertz CT molecular complexity index is 385. The predicted molar refractivity (Wildman–Crippen MR) is 66.4 cm³/mol. The molecule has 2 rings (SSSR count). The van der Waals surface area contributed by atoms with Crippen molar-refractivity contribution in [2.24, 2.45) is 5.41 Å². The molecule has 1 fully saturated rings. The highest BCUT2D eigenvalue weighted by molar-refractivity contribution is 5.83. The van der Waals surface area contributed by atoms with E-state index >= 15 is 0 Å². The molecule has 1 unspecified atom stereocenters. The molecule has 2 atom stereocenters. The van der Waals surface area contributed by atoms with E-state index in [-0.39, 0.29) is 17.4 Å². The summed E-state index contributed by atoms with van der Waals surface area (Å²) in [6.45, 7) is 5.65. The predicted octanol–water partition coefficient (Wildman–Crippen LogP) is 1.26. The van der Waals surface area contributed by atoms with Gasteiger partial charge in [0.2, 0.25) is 5.91 Å². The first-order valence-corrected chi connectivity index (χ1v) is 6.04. The van der Waals surface area contributed by atoms with E-state index in [4.69, 9.17) is 0 Å². The van der Waals surface area contributed by atoms with Gasteiger partial charge >= 0.3 is 0 Å². The van der Waals surface area contributed by atoms with Crippen LogP contribution in [-0.2, 0) is 4.79 Å². The van der Waals surface area contributed by atoms with E-state index in [1.54, 1.807) is 6.20 Å². The fourth-order valence-corrected chi connectivity index (χ4v) is 2.09. The van der Waals surface area contributed by atoms with Crippen LogP contribution in [0.1, 0.15) is 32.0 Å². The third kappa shape index (κ3) is 2.64. The third-order valence-corrected chi connectivity index (χ3v) is 3.40. The van der Waals surface area contributed by atoms with Gasteiger partial charge < -0.3 is 10.6 Å². The summed E-state index contributed by atoms with van der Waals surface area (Å²) in [6.07, 6.45) is 2.64. The number of hydrogen-bond acceptors (Lipinski definition) is 3. The van der Waals surface area contributed by atoms with Gasteiger partial charge in [-0.2, -0.15) is 0 Å². The monoisotopic (exact) mass is 233 g/mol. The van der Waals surface area contributed by atoms with E-state index in [2.05, 4.69) is 15.6 Å². The summed E-state index contributed by atoms with van der Waals surface area (Å²) >= 11 is 0. The van der Waals surface area contributed by atoms with Gasteiger partial charge in [0.1, 0.15) is 0 Å². The Morgan fingerprint density at radius 1 is 1.59 bits per heavy atom. The fourth-order valence-electron chi connectivity index (χ4n) is 2.09. The molecule has 2 heterocycles. The zero-order valence-corrected chi connectivity index (χ0v) is 10.4. The van der Waals surface area contributed by atoms with E-state index in [9.17, 15) is 4.79 Å². The van der Waals surface area contributed by atoms with Gasteiger partial charge in [-0.1, -0.05) is 6.07 Å². The van der Waals surface area contributed by atoms with Crippen molar-refractivity contribution in [3.05, 3.63) is 30.1 Å². The molecule has 4 heteroatoms. The second kappa shape index (κ2) is 4.84. The second-order valence-corrected chi connectivity index (χ2v) is 4.94. The Kier molecular flexibility index (Phi) is 3.43. The molecule has 4 nitrogen and oxygen atoms in total. The van der Waals surface area contributed by atoms with Crippen LogP contribution in [0.25, 0.3) is 0 Å². The Balaban J connectivity index is 1.99. The van der Waals surface area contributed by atoms with Crippen LogP contribution in [0.2, 0.25) is 0 Å². The number of rotatable bonds is 3. The maximum atomic E-state index is 12.2. The first kappa shape index (κ1) is 12.0. The maximum Gasteiger partial charge on any atom is 0.227 e. The highest BCUT2D eigenvalue weighted by Gasteiger charge is 2.36. The van der Waals surface area contributed by atoms with Gasteiger partial charge in [0.15, 0.2) is 0 Å². The van der Waals surface area contributed by atoms with E-state index < -0.39 is 0 Å². The highest BCUT2D eigenvalue weighted by atomic mass is 16.2. The zero-order chi connectivity index (χ0) is 12.3. The van der Waals surface area contributed by atoms with Gasteiger partial charge in [-0.3, -0.25) is 9.78 Å². The smallest absolute Gasteiger partial charge is 0.227 e. The summed E-state index contributed by atoms with van der Waals surface area (Å²) in [4.78, 5) is 16.4. The summed E-state index contributed by atoms with van der Waals surface area (Å²) in [7, 11) is 0. The largest absolute Gasteiger partial charge is 0.347 e. The molecule has 0 aliphatic carbocycles. The minimum atomic E-state index is -0.275. The lowest BCUT2D eigenvalue weighted by Crippen LogP contribution is -2.41. The molecular weight excluding hydrogens is 214 g/mol. The number of carbonyl (C=O) groups excluding carboxylic acids is 1. The maximum absolute atomic E-state index is 12.2. The summed E-state index contributed by atoms with van der Waals surface area (Å²) in [6, 6.07) is 5.70. The van der Waals surface area contributed by atoms with Crippen molar-refractivity contribution in [1.82, 2.24) is 15.6 Å². The normalized spacial score (nSPS) is 25.5. The summed E-state index contributed by atoms with van der Waals surface area (Å²) in [5.41, 5.74) is 0.624. The van der Waals surface area contributed by atoms with Crippen molar-refractivity contribution < 1.29 is 4.79 Å². The van der Waals surface area contributed by atoms with E-state index in [0.29, 0.717) is 0 Å². The van der Waals surface area contributed by atoms with Gasteiger partial charge in [0.25, 0.3) is 0 Å². The van der Waals surface area contributed by atoms with Crippen molar-refractivity contribution in [3.8, 4) is 0 Å². The lowest BCUT2D eigenvalue weighted by atomic mass is 9.88. The van der Waals surface area contributed by atoms with Crippen molar-refractivity contribution in [2.45, 2.75) is 26.3 Å². The van der Waals surface area contributed by atoms with Crippen LogP contribution in [0, 0.1) is 5.41 Å². The first-order chi connectivity index (χ1) is 8.12. The molecule has 1 aliphatic rings. The van der Waals surface area contributed by atoms with Crippen LogP contribution in [0.4, 0.5) is 0 Å². The highest BCUT2D eigenvalue weighted by Crippen LogP contribution is 2.25.